The molecule has 3 heterocycles. The summed E-state index contributed by atoms with van der Waals surface area (Å²) in [6, 6.07) is 0. The highest BCUT2D eigenvalue weighted by molar-refractivity contribution is 5.32. The van der Waals surface area contributed by atoms with Crippen LogP contribution in [0.2, 0.25) is 0 Å². The van der Waals surface area contributed by atoms with E-state index in [1.165, 1.54) is 37.9 Å². The minimum Gasteiger partial charge on any atom is -0.341 e. The maximum absolute atomic E-state index is 4.64. The van der Waals surface area contributed by atoms with Gasteiger partial charge in [0.1, 0.15) is 0 Å². The summed E-state index contributed by atoms with van der Waals surface area (Å²) in [4.78, 5) is 14.3. The number of rotatable bonds is 1. The van der Waals surface area contributed by atoms with Crippen LogP contribution in [0.25, 0.3) is 0 Å². The first-order chi connectivity index (χ1) is 11.1. The van der Waals surface area contributed by atoms with E-state index in [-0.39, 0.29) is 5.41 Å². The van der Waals surface area contributed by atoms with Gasteiger partial charge in [0.15, 0.2) is 0 Å². The molecule has 2 fully saturated rings. The lowest BCUT2D eigenvalue weighted by Crippen LogP contribution is -2.45. The molecule has 0 bridgehead atoms. The molecule has 0 N–H and O–H groups in total. The van der Waals surface area contributed by atoms with E-state index in [4.69, 9.17) is 0 Å². The second-order valence-corrected chi connectivity index (χ2v) is 9.85. The van der Waals surface area contributed by atoms with Crippen molar-refractivity contribution < 1.29 is 0 Å². The fraction of sp³-hybridized carbons (Fsp3) is 0.800. The Balaban J connectivity index is 1.62. The van der Waals surface area contributed by atoms with Crippen molar-refractivity contribution in [3.05, 3.63) is 18.0 Å². The number of anilines is 1. The van der Waals surface area contributed by atoms with E-state index in [2.05, 4.69) is 61.3 Å². The van der Waals surface area contributed by atoms with Crippen molar-refractivity contribution in [3.63, 3.8) is 0 Å². The zero-order chi connectivity index (χ0) is 17.6. The quantitative estimate of drug-likeness (QED) is 0.782. The molecule has 1 aromatic heterocycles. The van der Waals surface area contributed by atoms with Crippen LogP contribution in [0.3, 0.4) is 0 Å². The van der Waals surface area contributed by atoms with Crippen LogP contribution in [0.1, 0.15) is 66.4 Å². The third-order valence-corrected chi connectivity index (χ3v) is 6.00. The predicted molar refractivity (Wildman–Crippen MR) is 101 cm³/mol. The van der Waals surface area contributed by atoms with Gasteiger partial charge in [-0.05, 0) is 63.0 Å². The standard InChI is InChI=1S/C20H34N4/c1-18(2,3)16-13-21-17(22-14-16)23-10-7-20(8-11-23)9-12-24(15-20)19(4,5)6/h13-14H,7-12,15H2,1-6H3. The van der Waals surface area contributed by atoms with Crippen LogP contribution in [0.4, 0.5) is 5.95 Å². The number of hydrogen-bond acceptors (Lipinski definition) is 4. The maximum Gasteiger partial charge on any atom is 0.225 e. The van der Waals surface area contributed by atoms with Crippen LogP contribution in [0.5, 0.6) is 0 Å². The highest BCUT2D eigenvalue weighted by Crippen LogP contribution is 2.42. The maximum atomic E-state index is 4.64. The number of piperidine rings is 1. The molecule has 0 unspecified atom stereocenters. The smallest absolute Gasteiger partial charge is 0.225 e. The van der Waals surface area contributed by atoms with Crippen LogP contribution < -0.4 is 4.90 Å². The van der Waals surface area contributed by atoms with Gasteiger partial charge in [0.25, 0.3) is 0 Å². The van der Waals surface area contributed by atoms with Crippen molar-refractivity contribution in [3.8, 4) is 0 Å². The topological polar surface area (TPSA) is 32.3 Å². The minimum atomic E-state index is 0.116. The van der Waals surface area contributed by atoms with Gasteiger partial charge < -0.3 is 4.90 Å². The summed E-state index contributed by atoms with van der Waals surface area (Å²) in [5.74, 6) is 0.906. The molecule has 2 aliphatic rings. The third-order valence-electron chi connectivity index (χ3n) is 6.00. The Labute approximate surface area is 147 Å². The average molecular weight is 331 g/mol. The van der Waals surface area contributed by atoms with Crippen LogP contribution in [-0.4, -0.2) is 46.6 Å². The van der Waals surface area contributed by atoms with E-state index in [9.17, 15) is 0 Å². The Morgan fingerprint density at radius 3 is 1.88 bits per heavy atom. The van der Waals surface area contributed by atoms with Crippen molar-refractivity contribution in [2.75, 3.05) is 31.1 Å². The van der Waals surface area contributed by atoms with Gasteiger partial charge >= 0.3 is 0 Å². The van der Waals surface area contributed by atoms with E-state index >= 15 is 0 Å². The lowest BCUT2D eigenvalue weighted by molar-refractivity contribution is 0.135. The monoisotopic (exact) mass is 330 g/mol. The van der Waals surface area contributed by atoms with Crippen molar-refractivity contribution in [1.82, 2.24) is 14.9 Å². The van der Waals surface area contributed by atoms with Crippen molar-refractivity contribution >= 4 is 5.95 Å². The molecule has 0 aliphatic carbocycles. The second-order valence-electron chi connectivity index (χ2n) is 9.85. The number of nitrogens with zero attached hydrogens (tertiary/aromatic N) is 4. The lowest BCUT2D eigenvalue weighted by atomic mass is 9.77. The van der Waals surface area contributed by atoms with Gasteiger partial charge in [-0.25, -0.2) is 9.97 Å². The van der Waals surface area contributed by atoms with Crippen LogP contribution in [-0.2, 0) is 5.41 Å². The van der Waals surface area contributed by atoms with Crippen LogP contribution >= 0.6 is 0 Å². The molecule has 0 amide bonds. The van der Waals surface area contributed by atoms with Crippen LogP contribution in [0.15, 0.2) is 12.4 Å². The Morgan fingerprint density at radius 2 is 1.42 bits per heavy atom. The Bertz CT molecular complexity index is 557. The molecule has 1 spiro atoms. The molecule has 0 radical (unpaired) electrons. The summed E-state index contributed by atoms with van der Waals surface area (Å²) in [6.07, 6.45) is 7.89. The molecule has 24 heavy (non-hydrogen) atoms. The Kier molecular flexibility index (Phi) is 4.40. The fourth-order valence-electron chi connectivity index (χ4n) is 3.97. The summed E-state index contributed by atoms with van der Waals surface area (Å²) in [5, 5.41) is 0. The molecular formula is C20H34N4. The normalized spacial score (nSPS) is 22.3. The van der Waals surface area contributed by atoms with Crippen molar-refractivity contribution in [1.29, 1.82) is 0 Å². The molecule has 134 valence electrons. The van der Waals surface area contributed by atoms with Gasteiger partial charge in [0, 0.05) is 37.6 Å². The van der Waals surface area contributed by atoms with Gasteiger partial charge in [-0.15, -0.1) is 0 Å². The SMILES string of the molecule is CC(C)(C)c1cnc(N2CCC3(CC2)CCN(C(C)(C)C)C3)nc1. The number of aromatic nitrogens is 2. The minimum absolute atomic E-state index is 0.116. The zero-order valence-corrected chi connectivity index (χ0v) is 16.4. The summed E-state index contributed by atoms with van der Waals surface area (Å²) in [6.45, 7) is 18.3. The number of hydrogen-bond donors (Lipinski definition) is 0. The van der Waals surface area contributed by atoms with Gasteiger partial charge in [-0.3, -0.25) is 4.90 Å². The summed E-state index contributed by atoms with van der Waals surface area (Å²) in [7, 11) is 0. The van der Waals surface area contributed by atoms with Gasteiger partial charge in [0.05, 0.1) is 0 Å². The van der Waals surface area contributed by atoms with E-state index in [1.807, 2.05) is 12.4 Å². The van der Waals surface area contributed by atoms with E-state index in [1.54, 1.807) is 0 Å². The van der Waals surface area contributed by atoms with E-state index in [0.717, 1.165) is 19.0 Å². The lowest BCUT2D eigenvalue weighted by Gasteiger charge is -2.41. The van der Waals surface area contributed by atoms with Crippen molar-refractivity contribution in [2.45, 2.75) is 71.8 Å². The molecule has 0 atom stereocenters. The first kappa shape index (κ1) is 17.7. The molecule has 3 rings (SSSR count). The van der Waals surface area contributed by atoms with E-state index in [0.29, 0.717) is 11.0 Å². The summed E-state index contributed by atoms with van der Waals surface area (Å²) in [5.41, 5.74) is 2.14. The van der Waals surface area contributed by atoms with Gasteiger partial charge in [0.2, 0.25) is 5.95 Å². The largest absolute Gasteiger partial charge is 0.341 e. The van der Waals surface area contributed by atoms with Gasteiger partial charge in [-0.2, -0.15) is 0 Å². The second kappa shape index (κ2) is 5.98. The molecular weight excluding hydrogens is 296 g/mol. The molecule has 4 nitrogen and oxygen atoms in total. The molecule has 4 heteroatoms. The molecule has 1 aromatic rings. The highest BCUT2D eigenvalue weighted by atomic mass is 15.3. The molecule has 0 aromatic carbocycles. The number of likely N-dealkylation sites (tertiary alicyclic amines) is 1. The van der Waals surface area contributed by atoms with Crippen LogP contribution in [0, 0.1) is 5.41 Å². The van der Waals surface area contributed by atoms with Gasteiger partial charge in [-0.1, -0.05) is 20.8 Å². The highest BCUT2D eigenvalue weighted by Gasteiger charge is 2.43. The molecule has 0 saturated carbocycles. The Hall–Kier alpha value is -1.16. The first-order valence-electron chi connectivity index (χ1n) is 9.42. The Morgan fingerprint density at radius 1 is 0.875 bits per heavy atom. The average Bonchev–Trinajstić information content (AvgIpc) is 2.91. The van der Waals surface area contributed by atoms with E-state index < -0.39 is 0 Å². The van der Waals surface area contributed by atoms with Crippen molar-refractivity contribution in [2.24, 2.45) is 5.41 Å². The first-order valence-corrected chi connectivity index (χ1v) is 9.42. The summed E-state index contributed by atoms with van der Waals surface area (Å²) < 4.78 is 0. The molecule has 2 saturated heterocycles. The summed E-state index contributed by atoms with van der Waals surface area (Å²) >= 11 is 0. The molecule has 2 aliphatic heterocycles. The fourth-order valence-corrected chi connectivity index (χ4v) is 3.97. The zero-order valence-electron chi connectivity index (χ0n) is 16.4. The third kappa shape index (κ3) is 3.58. The predicted octanol–water partition coefficient (Wildman–Crippen LogP) is 3.86.